The highest BCUT2D eigenvalue weighted by molar-refractivity contribution is 6.31. The van der Waals surface area contributed by atoms with Crippen molar-refractivity contribution in [3.63, 3.8) is 0 Å². The molecule has 18 heavy (non-hydrogen) atoms. The molecule has 94 valence electrons. The number of benzene rings is 1. The summed E-state index contributed by atoms with van der Waals surface area (Å²) in [4.78, 5) is 11.8. The van der Waals surface area contributed by atoms with Gasteiger partial charge in [-0.3, -0.25) is 4.79 Å². The molecule has 1 fully saturated rings. The van der Waals surface area contributed by atoms with Crippen molar-refractivity contribution in [1.29, 1.82) is 5.26 Å². The minimum absolute atomic E-state index is 0.0552. The van der Waals surface area contributed by atoms with Gasteiger partial charge in [-0.05, 0) is 37.0 Å². The maximum absolute atomic E-state index is 11.8. The highest BCUT2D eigenvalue weighted by Crippen LogP contribution is 2.30. The van der Waals surface area contributed by atoms with E-state index in [0.717, 1.165) is 19.3 Å². The first kappa shape index (κ1) is 12.9. The number of rotatable bonds is 3. The third-order valence-corrected chi connectivity index (χ3v) is 3.38. The van der Waals surface area contributed by atoms with Crippen molar-refractivity contribution in [1.82, 2.24) is 0 Å². The number of amides is 1. The molecule has 2 N–H and O–H groups in total. The monoisotopic (exact) mass is 264 g/mol. The summed E-state index contributed by atoms with van der Waals surface area (Å²) >= 11 is 5.83. The van der Waals surface area contributed by atoms with E-state index in [1.807, 2.05) is 6.07 Å². The molecule has 1 aliphatic rings. The number of nitrogens with zero attached hydrogens (tertiary/aromatic N) is 1. The molecule has 0 heterocycles. The van der Waals surface area contributed by atoms with Gasteiger partial charge in [0.1, 0.15) is 6.10 Å². The molecule has 0 unspecified atom stereocenters. The van der Waals surface area contributed by atoms with Crippen LogP contribution in [0.15, 0.2) is 18.2 Å². The third kappa shape index (κ3) is 2.81. The van der Waals surface area contributed by atoms with Crippen LogP contribution in [0.5, 0.6) is 0 Å². The van der Waals surface area contributed by atoms with E-state index >= 15 is 0 Å². The second kappa shape index (κ2) is 5.38. The smallest absolute Gasteiger partial charge is 0.253 e. The quantitative estimate of drug-likeness (QED) is 0.880. The van der Waals surface area contributed by atoms with Gasteiger partial charge in [0.2, 0.25) is 0 Å². The number of anilines is 1. The molecule has 0 aromatic heterocycles. The molecule has 1 aromatic rings. The van der Waals surface area contributed by atoms with Gasteiger partial charge in [-0.2, -0.15) is 5.26 Å². The first-order valence-electron chi connectivity index (χ1n) is 5.80. The molecular formula is C13H13ClN2O2. The second-order valence-corrected chi connectivity index (χ2v) is 4.90. The van der Waals surface area contributed by atoms with Crippen molar-refractivity contribution in [2.45, 2.75) is 25.4 Å². The van der Waals surface area contributed by atoms with Crippen molar-refractivity contribution >= 4 is 23.2 Å². The zero-order chi connectivity index (χ0) is 13.1. The highest BCUT2D eigenvalue weighted by Gasteiger charge is 2.30. The topological polar surface area (TPSA) is 73.1 Å². The van der Waals surface area contributed by atoms with Crippen molar-refractivity contribution < 1.29 is 9.90 Å². The van der Waals surface area contributed by atoms with Crippen molar-refractivity contribution in [3.8, 4) is 6.07 Å². The molecule has 1 saturated carbocycles. The fraction of sp³-hybridized carbons (Fsp3) is 0.385. The molecule has 1 atom stereocenters. The van der Waals surface area contributed by atoms with E-state index in [1.165, 1.54) is 12.1 Å². The van der Waals surface area contributed by atoms with Gasteiger partial charge in [0, 0.05) is 10.7 Å². The van der Waals surface area contributed by atoms with Gasteiger partial charge in [-0.25, -0.2) is 0 Å². The van der Waals surface area contributed by atoms with Crippen LogP contribution in [0.4, 0.5) is 5.69 Å². The lowest BCUT2D eigenvalue weighted by molar-refractivity contribution is -0.128. The van der Waals surface area contributed by atoms with Gasteiger partial charge < -0.3 is 10.4 Å². The minimum Gasteiger partial charge on any atom is -0.383 e. The predicted molar refractivity (Wildman–Crippen MR) is 68.1 cm³/mol. The first-order chi connectivity index (χ1) is 8.60. The van der Waals surface area contributed by atoms with Gasteiger partial charge in [0.05, 0.1) is 11.6 Å². The van der Waals surface area contributed by atoms with E-state index in [4.69, 9.17) is 16.9 Å². The van der Waals surface area contributed by atoms with E-state index in [0.29, 0.717) is 16.3 Å². The van der Waals surface area contributed by atoms with Crippen LogP contribution in [0.3, 0.4) is 0 Å². The molecule has 1 amide bonds. The van der Waals surface area contributed by atoms with Gasteiger partial charge in [0.15, 0.2) is 0 Å². The van der Waals surface area contributed by atoms with E-state index < -0.39 is 12.0 Å². The summed E-state index contributed by atoms with van der Waals surface area (Å²) in [6.45, 7) is 0. The predicted octanol–water partition coefficient (Wildman–Crippen LogP) is 2.31. The summed E-state index contributed by atoms with van der Waals surface area (Å²) in [6, 6.07) is 6.55. The fourth-order valence-corrected chi connectivity index (χ4v) is 2.15. The van der Waals surface area contributed by atoms with Crippen molar-refractivity contribution in [3.05, 3.63) is 28.8 Å². The van der Waals surface area contributed by atoms with Gasteiger partial charge in [-0.15, -0.1) is 0 Å². The second-order valence-electron chi connectivity index (χ2n) is 4.47. The number of hydrogen-bond donors (Lipinski definition) is 2. The summed E-state index contributed by atoms with van der Waals surface area (Å²) in [5.41, 5.74) is 0.804. The minimum atomic E-state index is -0.983. The summed E-state index contributed by atoms with van der Waals surface area (Å²) in [6.07, 6.45) is 1.84. The zero-order valence-electron chi connectivity index (χ0n) is 9.69. The van der Waals surface area contributed by atoms with E-state index in [1.54, 1.807) is 6.07 Å². The van der Waals surface area contributed by atoms with Crippen LogP contribution in [-0.2, 0) is 4.79 Å². The number of aliphatic hydroxyl groups excluding tert-OH is 1. The normalized spacial score (nSPS) is 16.5. The maximum Gasteiger partial charge on any atom is 0.253 e. The molecule has 0 bridgehead atoms. The van der Waals surface area contributed by atoms with E-state index in [2.05, 4.69) is 5.32 Å². The van der Waals surface area contributed by atoms with E-state index in [-0.39, 0.29) is 5.92 Å². The summed E-state index contributed by atoms with van der Waals surface area (Å²) in [7, 11) is 0. The number of carbonyl (C=O) groups is 1. The largest absolute Gasteiger partial charge is 0.383 e. The number of nitriles is 1. The molecular weight excluding hydrogens is 252 g/mol. The van der Waals surface area contributed by atoms with Crippen LogP contribution in [0.2, 0.25) is 5.02 Å². The molecule has 0 aliphatic heterocycles. The van der Waals surface area contributed by atoms with Gasteiger partial charge >= 0.3 is 0 Å². The van der Waals surface area contributed by atoms with Crippen LogP contribution in [0, 0.1) is 17.2 Å². The van der Waals surface area contributed by atoms with Gasteiger partial charge in [-0.1, -0.05) is 18.0 Å². The third-order valence-electron chi connectivity index (χ3n) is 3.16. The molecule has 0 radical (unpaired) electrons. The molecule has 0 spiro atoms. The van der Waals surface area contributed by atoms with Gasteiger partial charge in [0.25, 0.3) is 5.91 Å². The SMILES string of the molecule is N#Cc1cc(Cl)cc(NC(=O)[C@H](O)C2CCC2)c1. The lowest BCUT2D eigenvalue weighted by Crippen LogP contribution is -2.37. The standard InChI is InChI=1S/C13H13ClN2O2/c14-10-4-8(7-15)5-11(6-10)16-13(18)12(17)9-2-1-3-9/h4-6,9,12,17H,1-3H2,(H,16,18)/t12-/m1/s1. The average molecular weight is 265 g/mol. The summed E-state index contributed by atoms with van der Waals surface area (Å²) in [5.74, 6) is -0.384. The summed E-state index contributed by atoms with van der Waals surface area (Å²) in [5, 5.41) is 21.5. The molecule has 1 aromatic carbocycles. The maximum atomic E-state index is 11.8. The number of aliphatic hydroxyl groups is 1. The Morgan fingerprint density at radius 3 is 2.78 bits per heavy atom. The van der Waals surface area contributed by atoms with Crippen LogP contribution in [0.25, 0.3) is 0 Å². The Balaban J connectivity index is 2.06. The van der Waals surface area contributed by atoms with Crippen LogP contribution < -0.4 is 5.32 Å². The lowest BCUT2D eigenvalue weighted by Gasteiger charge is -2.29. The fourth-order valence-electron chi connectivity index (χ4n) is 1.91. The Kier molecular flexibility index (Phi) is 3.85. The van der Waals surface area contributed by atoms with Crippen LogP contribution >= 0.6 is 11.6 Å². The van der Waals surface area contributed by atoms with Crippen molar-refractivity contribution in [2.75, 3.05) is 5.32 Å². The zero-order valence-corrected chi connectivity index (χ0v) is 10.4. The Morgan fingerprint density at radius 1 is 1.50 bits per heavy atom. The molecule has 4 nitrogen and oxygen atoms in total. The average Bonchev–Trinajstić information content (AvgIpc) is 2.25. The van der Waals surface area contributed by atoms with Crippen molar-refractivity contribution in [2.24, 2.45) is 5.92 Å². The number of halogens is 1. The Bertz CT molecular complexity index is 506. The Labute approximate surface area is 110 Å². The Hall–Kier alpha value is -1.57. The summed E-state index contributed by atoms with van der Waals surface area (Å²) < 4.78 is 0. The molecule has 2 rings (SSSR count). The Morgan fingerprint density at radius 2 is 2.22 bits per heavy atom. The van der Waals surface area contributed by atoms with Crippen LogP contribution in [-0.4, -0.2) is 17.1 Å². The number of hydrogen-bond acceptors (Lipinski definition) is 3. The number of carbonyl (C=O) groups excluding carboxylic acids is 1. The number of nitrogens with one attached hydrogen (secondary N) is 1. The van der Waals surface area contributed by atoms with Crippen LogP contribution in [0.1, 0.15) is 24.8 Å². The molecule has 1 aliphatic carbocycles. The molecule has 0 saturated heterocycles. The first-order valence-corrected chi connectivity index (χ1v) is 6.17. The lowest BCUT2D eigenvalue weighted by atomic mass is 9.81. The highest BCUT2D eigenvalue weighted by atomic mass is 35.5. The van der Waals surface area contributed by atoms with E-state index in [9.17, 15) is 9.90 Å². The molecule has 5 heteroatoms.